The highest BCUT2D eigenvalue weighted by Crippen LogP contribution is 2.21. The van der Waals surface area contributed by atoms with Gasteiger partial charge in [0.05, 0.1) is 0 Å². The van der Waals surface area contributed by atoms with Crippen molar-refractivity contribution >= 4 is 11.6 Å². The molecule has 1 atom stereocenters. The molecule has 2 rings (SSSR count). The SMILES string of the molecule is NNC(Cc1ccc(F)cc1)Cc1c(F)cccc1Cl. The van der Waals surface area contributed by atoms with Crippen molar-refractivity contribution in [2.75, 3.05) is 0 Å². The molecule has 2 aromatic rings. The second kappa shape index (κ2) is 6.79. The summed E-state index contributed by atoms with van der Waals surface area (Å²) < 4.78 is 26.6. The molecule has 0 saturated heterocycles. The largest absolute Gasteiger partial charge is 0.271 e. The third-order valence-corrected chi connectivity index (χ3v) is 3.50. The number of hydrazine groups is 1. The minimum atomic E-state index is -0.350. The molecule has 2 nitrogen and oxygen atoms in total. The fourth-order valence-electron chi connectivity index (χ4n) is 2.07. The van der Waals surface area contributed by atoms with Crippen molar-refractivity contribution in [1.82, 2.24) is 5.43 Å². The topological polar surface area (TPSA) is 38.0 Å². The van der Waals surface area contributed by atoms with E-state index in [9.17, 15) is 8.78 Å². The highest BCUT2D eigenvalue weighted by molar-refractivity contribution is 6.31. The molecule has 5 heteroatoms. The van der Waals surface area contributed by atoms with Crippen molar-refractivity contribution < 1.29 is 8.78 Å². The molecule has 0 radical (unpaired) electrons. The van der Waals surface area contributed by atoms with Crippen LogP contribution in [0, 0.1) is 11.6 Å². The number of benzene rings is 2. The van der Waals surface area contributed by atoms with E-state index in [1.54, 1.807) is 24.3 Å². The number of hydrogen-bond acceptors (Lipinski definition) is 2. The van der Waals surface area contributed by atoms with Gasteiger partial charge in [-0.05, 0) is 42.7 Å². The van der Waals surface area contributed by atoms with Gasteiger partial charge in [0, 0.05) is 16.6 Å². The van der Waals surface area contributed by atoms with E-state index < -0.39 is 0 Å². The second-order valence-electron chi connectivity index (χ2n) is 4.60. The standard InChI is InChI=1S/C15H15ClF2N2/c16-14-2-1-3-15(18)13(14)9-12(20-19)8-10-4-6-11(17)7-5-10/h1-7,12,20H,8-9,19H2. The van der Waals surface area contributed by atoms with Crippen LogP contribution < -0.4 is 11.3 Å². The van der Waals surface area contributed by atoms with Crippen LogP contribution in [0.1, 0.15) is 11.1 Å². The van der Waals surface area contributed by atoms with Crippen LogP contribution in [-0.2, 0) is 12.8 Å². The first-order valence-corrected chi connectivity index (χ1v) is 6.61. The van der Waals surface area contributed by atoms with Gasteiger partial charge in [0.25, 0.3) is 0 Å². The van der Waals surface area contributed by atoms with Crippen LogP contribution in [0.15, 0.2) is 42.5 Å². The molecule has 0 aliphatic rings. The van der Waals surface area contributed by atoms with Gasteiger partial charge in [-0.25, -0.2) is 8.78 Å². The Bertz CT molecular complexity index is 552. The van der Waals surface area contributed by atoms with Crippen molar-refractivity contribution in [2.24, 2.45) is 5.84 Å². The van der Waals surface area contributed by atoms with Crippen molar-refractivity contribution in [1.29, 1.82) is 0 Å². The molecule has 0 saturated carbocycles. The van der Waals surface area contributed by atoms with E-state index >= 15 is 0 Å². The minimum Gasteiger partial charge on any atom is -0.271 e. The maximum Gasteiger partial charge on any atom is 0.127 e. The molecular weight excluding hydrogens is 282 g/mol. The van der Waals surface area contributed by atoms with Gasteiger partial charge in [-0.1, -0.05) is 29.8 Å². The maximum atomic E-state index is 13.7. The zero-order valence-electron chi connectivity index (χ0n) is 10.7. The molecule has 0 aliphatic heterocycles. The Kier molecular flexibility index (Phi) is 5.06. The predicted octanol–water partition coefficient (Wildman–Crippen LogP) is 3.24. The van der Waals surface area contributed by atoms with Crippen molar-refractivity contribution in [3.05, 3.63) is 70.2 Å². The Morgan fingerprint density at radius 1 is 1.05 bits per heavy atom. The summed E-state index contributed by atoms with van der Waals surface area (Å²) >= 11 is 6.00. The lowest BCUT2D eigenvalue weighted by Gasteiger charge is -2.17. The quantitative estimate of drug-likeness (QED) is 0.657. The van der Waals surface area contributed by atoms with Gasteiger partial charge in [0.1, 0.15) is 11.6 Å². The molecule has 0 bridgehead atoms. The van der Waals surface area contributed by atoms with Crippen LogP contribution >= 0.6 is 11.6 Å². The van der Waals surface area contributed by atoms with Gasteiger partial charge in [-0.2, -0.15) is 0 Å². The Hall–Kier alpha value is -1.49. The number of nitrogens with two attached hydrogens (primary N) is 1. The summed E-state index contributed by atoms with van der Waals surface area (Å²) in [6.07, 6.45) is 0.917. The third-order valence-electron chi connectivity index (χ3n) is 3.14. The van der Waals surface area contributed by atoms with Crippen molar-refractivity contribution in [3.63, 3.8) is 0 Å². The first-order chi connectivity index (χ1) is 9.60. The lowest BCUT2D eigenvalue weighted by molar-refractivity contribution is 0.506. The van der Waals surface area contributed by atoms with Crippen molar-refractivity contribution in [3.8, 4) is 0 Å². The van der Waals surface area contributed by atoms with Gasteiger partial charge in [-0.15, -0.1) is 0 Å². The molecule has 0 heterocycles. The maximum absolute atomic E-state index is 13.7. The van der Waals surface area contributed by atoms with Gasteiger partial charge in [0.15, 0.2) is 0 Å². The van der Waals surface area contributed by atoms with Crippen LogP contribution in [0.5, 0.6) is 0 Å². The van der Waals surface area contributed by atoms with Crippen molar-refractivity contribution in [2.45, 2.75) is 18.9 Å². The fraction of sp³-hybridized carbons (Fsp3) is 0.200. The second-order valence-corrected chi connectivity index (χ2v) is 5.01. The van der Waals surface area contributed by atoms with E-state index in [2.05, 4.69) is 5.43 Å². The van der Waals surface area contributed by atoms with Gasteiger partial charge < -0.3 is 0 Å². The summed E-state index contributed by atoms with van der Waals surface area (Å²) in [6, 6.07) is 10.5. The van der Waals surface area contributed by atoms with E-state index in [0.717, 1.165) is 5.56 Å². The summed E-state index contributed by atoms with van der Waals surface area (Å²) in [5.41, 5.74) is 4.00. The molecule has 0 spiro atoms. The molecule has 1 unspecified atom stereocenters. The van der Waals surface area contributed by atoms with Gasteiger partial charge in [0.2, 0.25) is 0 Å². The minimum absolute atomic E-state index is 0.185. The van der Waals surface area contributed by atoms with E-state index in [-0.39, 0.29) is 17.7 Å². The number of nitrogens with one attached hydrogen (secondary N) is 1. The number of rotatable bonds is 5. The molecule has 0 aliphatic carbocycles. The zero-order chi connectivity index (χ0) is 14.5. The summed E-state index contributed by atoms with van der Waals surface area (Å²) in [5.74, 6) is 4.87. The molecule has 106 valence electrons. The zero-order valence-corrected chi connectivity index (χ0v) is 11.5. The molecular formula is C15H15ClF2N2. The molecule has 0 aromatic heterocycles. The summed E-state index contributed by atoms with van der Waals surface area (Å²) in [4.78, 5) is 0. The Labute approximate surface area is 121 Å². The van der Waals surface area contributed by atoms with E-state index in [0.29, 0.717) is 23.4 Å². The van der Waals surface area contributed by atoms with Crippen LogP contribution in [-0.4, -0.2) is 6.04 Å². The van der Waals surface area contributed by atoms with Crippen LogP contribution in [0.2, 0.25) is 5.02 Å². The van der Waals surface area contributed by atoms with E-state index in [4.69, 9.17) is 17.4 Å². The summed E-state index contributed by atoms with van der Waals surface area (Å²) in [6.45, 7) is 0. The predicted molar refractivity (Wildman–Crippen MR) is 76.3 cm³/mol. The Morgan fingerprint density at radius 3 is 2.35 bits per heavy atom. The fourth-order valence-corrected chi connectivity index (χ4v) is 2.31. The van der Waals surface area contributed by atoms with E-state index in [1.165, 1.54) is 18.2 Å². The molecule has 0 fully saturated rings. The normalized spacial score (nSPS) is 12.4. The van der Waals surface area contributed by atoms with Gasteiger partial charge in [-0.3, -0.25) is 11.3 Å². The summed E-state index contributed by atoms with van der Waals surface area (Å²) in [7, 11) is 0. The average Bonchev–Trinajstić information content (AvgIpc) is 2.44. The molecule has 20 heavy (non-hydrogen) atoms. The molecule has 3 N–H and O–H groups in total. The first kappa shape index (κ1) is 14.9. The smallest absolute Gasteiger partial charge is 0.127 e. The average molecular weight is 297 g/mol. The Balaban J connectivity index is 2.11. The lowest BCUT2D eigenvalue weighted by atomic mass is 9.99. The first-order valence-electron chi connectivity index (χ1n) is 6.23. The van der Waals surface area contributed by atoms with Crippen LogP contribution in [0.25, 0.3) is 0 Å². The monoisotopic (exact) mass is 296 g/mol. The Morgan fingerprint density at radius 2 is 1.75 bits per heavy atom. The lowest BCUT2D eigenvalue weighted by Crippen LogP contribution is -2.38. The molecule has 0 amide bonds. The summed E-state index contributed by atoms with van der Waals surface area (Å²) in [5, 5.41) is 0.379. The molecule has 2 aromatic carbocycles. The number of halogens is 3. The highest BCUT2D eigenvalue weighted by atomic mass is 35.5. The number of hydrogen-bond donors (Lipinski definition) is 2. The third kappa shape index (κ3) is 3.76. The van der Waals surface area contributed by atoms with Crippen LogP contribution in [0.4, 0.5) is 8.78 Å². The van der Waals surface area contributed by atoms with Gasteiger partial charge >= 0.3 is 0 Å². The van der Waals surface area contributed by atoms with E-state index in [1.807, 2.05) is 0 Å². The highest BCUT2D eigenvalue weighted by Gasteiger charge is 2.14. The van der Waals surface area contributed by atoms with Crippen LogP contribution in [0.3, 0.4) is 0 Å².